The van der Waals surface area contributed by atoms with Crippen LogP contribution in [0.1, 0.15) is 19.3 Å². The fourth-order valence-electron chi connectivity index (χ4n) is 1.10. The van der Waals surface area contributed by atoms with Crippen LogP contribution in [0.2, 0.25) is 0 Å². The largest absolute Gasteiger partial charge is 0.381 e. The van der Waals surface area contributed by atoms with Crippen molar-refractivity contribution >= 4 is 0 Å². The summed E-state index contributed by atoms with van der Waals surface area (Å²) in [5, 5.41) is 8.31. The maximum atomic E-state index is 8.31. The van der Waals surface area contributed by atoms with Crippen LogP contribution in [0, 0.1) is 17.2 Å². The molecule has 1 fully saturated rings. The molecule has 0 aromatic rings. The van der Waals surface area contributed by atoms with Crippen molar-refractivity contribution < 1.29 is 4.74 Å². The molecule has 0 spiro atoms. The Hall–Kier alpha value is -0.550. The molecule has 1 aliphatic heterocycles. The van der Waals surface area contributed by atoms with Crippen molar-refractivity contribution in [2.24, 2.45) is 5.92 Å². The number of nitrogens with zero attached hydrogens (tertiary/aromatic N) is 1. The number of hydrogen-bond donors (Lipinski definition) is 0. The minimum atomic E-state index is 0.517. The first-order valence-corrected chi connectivity index (χ1v) is 3.38. The van der Waals surface area contributed by atoms with Crippen LogP contribution in [-0.4, -0.2) is 13.2 Å². The fourth-order valence-corrected chi connectivity index (χ4v) is 1.10. The van der Waals surface area contributed by atoms with Crippen LogP contribution in [0.4, 0.5) is 0 Å². The van der Waals surface area contributed by atoms with Gasteiger partial charge in [0.1, 0.15) is 0 Å². The molecule has 0 aliphatic carbocycles. The van der Waals surface area contributed by atoms with E-state index in [0.717, 1.165) is 19.6 Å². The van der Waals surface area contributed by atoms with Gasteiger partial charge in [0.2, 0.25) is 0 Å². The van der Waals surface area contributed by atoms with Crippen molar-refractivity contribution in [2.75, 3.05) is 13.2 Å². The first-order chi connectivity index (χ1) is 4.43. The first kappa shape index (κ1) is 6.57. The lowest BCUT2D eigenvalue weighted by molar-refractivity contribution is 0.0566. The van der Waals surface area contributed by atoms with Gasteiger partial charge in [-0.15, -0.1) is 0 Å². The molecule has 0 saturated carbocycles. The SMILES string of the molecule is N#CC[C@H]1CCCOC1. The van der Waals surface area contributed by atoms with Gasteiger partial charge < -0.3 is 4.74 Å². The Morgan fingerprint density at radius 3 is 3.11 bits per heavy atom. The molecular formula is C7H11NO. The maximum absolute atomic E-state index is 8.31. The van der Waals surface area contributed by atoms with Crippen molar-refractivity contribution in [1.29, 1.82) is 5.26 Å². The highest BCUT2D eigenvalue weighted by Gasteiger charge is 2.12. The zero-order valence-corrected chi connectivity index (χ0v) is 5.47. The maximum Gasteiger partial charge on any atom is 0.0625 e. The highest BCUT2D eigenvalue weighted by Crippen LogP contribution is 2.15. The summed E-state index contributed by atoms with van der Waals surface area (Å²) in [4.78, 5) is 0. The molecule has 1 heterocycles. The van der Waals surface area contributed by atoms with Crippen molar-refractivity contribution in [3.63, 3.8) is 0 Å². The highest BCUT2D eigenvalue weighted by atomic mass is 16.5. The molecule has 0 amide bonds. The Morgan fingerprint density at radius 2 is 2.56 bits per heavy atom. The molecule has 0 N–H and O–H groups in total. The van der Waals surface area contributed by atoms with E-state index in [1.807, 2.05) is 0 Å². The third kappa shape index (κ3) is 2.03. The van der Waals surface area contributed by atoms with E-state index in [2.05, 4.69) is 6.07 Å². The van der Waals surface area contributed by atoms with Gasteiger partial charge in [-0.25, -0.2) is 0 Å². The molecule has 2 nitrogen and oxygen atoms in total. The fraction of sp³-hybridized carbons (Fsp3) is 0.857. The summed E-state index contributed by atoms with van der Waals surface area (Å²) in [5.41, 5.74) is 0. The quantitative estimate of drug-likeness (QED) is 0.529. The van der Waals surface area contributed by atoms with E-state index < -0.39 is 0 Å². The van der Waals surface area contributed by atoms with E-state index in [1.165, 1.54) is 6.42 Å². The van der Waals surface area contributed by atoms with Crippen LogP contribution in [0.3, 0.4) is 0 Å². The number of hydrogen-bond acceptors (Lipinski definition) is 2. The van der Waals surface area contributed by atoms with E-state index >= 15 is 0 Å². The van der Waals surface area contributed by atoms with E-state index in [0.29, 0.717) is 12.3 Å². The molecule has 0 bridgehead atoms. The van der Waals surface area contributed by atoms with Crippen LogP contribution in [0.15, 0.2) is 0 Å². The molecule has 0 aromatic carbocycles. The minimum absolute atomic E-state index is 0.517. The zero-order chi connectivity index (χ0) is 6.53. The summed E-state index contributed by atoms with van der Waals surface area (Å²) in [7, 11) is 0. The molecule has 2 heteroatoms. The Labute approximate surface area is 55.4 Å². The van der Waals surface area contributed by atoms with Crippen LogP contribution < -0.4 is 0 Å². The average Bonchev–Trinajstić information content (AvgIpc) is 1.91. The van der Waals surface area contributed by atoms with Gasteiger partial charge in [0.15, 0.2) is 0 Å². The predicted molar refractivity (Wildman–Crippen MR) is 33.8 cm³/mol. The minimum Gasteiger partial charge on any atom is -0.381 e. The predicted octanol–water partition coefficient (Wildman–Crippen LogP) is 1.33. The summed E-state index contributed by atoms with van der Waals surface area (Å²) in [6, 6.07) is 2.16. The second-order valence-electron chi connectivity index (χ2n) is 2.45. The first-order valence-electron chi connectivity index (χ1n) is 3.38. The molecular weight excluding hydrogens is 114 g/mol. The van der Waals surface area contributed by atoms with E-state index in [4.69, 9.17) is 10.00 Å². The topological polar surface area (TPSA) is 33.0 Å². The second kappa shape index (κ2) is 3.47. The van der Waals surface area contributed by atoms with Crippen LogP contribution in [0.5, 0.6) is 0 Å². The van der Waals surface area contributed by atoms with Gasteiger partial charge in [-0.2, -0.15) is 5.26 Å². The van der Waals surface area contributed by atoms with Gasteiger partial charge in [0.25, 0.3) is 0 Å². The molecule has 1 saturated heterocycles. The average molecular weight is 125 g/mol. The van der Waals surface area contributed by atoms with Crippen molar-refractivity contribution in [3.05, 3.63) is 0 Å². The molecule has 50 valence electrons. The third-order valence-electron chi connectivity index (χ3n) is 1.63. The summed E-state index contributed by atoms with van der Waals surface area (Å²) >= 11 is 0. The van der Waals surface area contributed by atoms with E-state index in [9.17, 15) is 0 Å². The van der Waals surface area contributed by atoms with Crippen LogP contribution >= 0.6 is 0 Å². The van der Waals surface area contributed by atoms with Gasteiger partial charge in [0.05, 0.1) is 12.7 Å². The molecule has 9 heavy (non-hydrogen) atoms. The van der Waals surface area contributed by atoms with E-state index in [1.54, 1.807) is 0 Å². The van der Waals surface area contributed by atoms with Gasteiger partial charge >= 0.3 is 0 Å². The van der Waals surface area contributed by atoms with Crippen molar-refractivity contribution in [2.45, 2.75) is 19.3 Å². The molecule has 1 rings (SSSR count). The number of rotatable bonds is 1. The normalized spacial score (nSPS) is 27.2. The standard InChI is InChI=1S/C7H11NO/c8-4-3-7-2-1-5-9-6-7/h7H,1-3,5-6H2/t7-/m1/s1. The van der Waals surface area contributed by atoms with Gasteiger partial charge in [-0.05, 0) is 18.8 Å². The van der Waals surface area contributed by atoms with Gasteiger partial charge in [0, 0.05) is 13.0 Å². The van der Waals surface area contributed by atoms with Crippen molar-refractivity contribution in [1.82, 2.24) is 0 Å². The number of ether oxygens (including phenoxy) is 1. The van der Waals surface area contributed by atoms with Crippen LogP contribution in [-0.2, 0) is 4.74 Å². The monoisotopic (exact) mass is 125 g/mol. The molecule has 0 aromatic heterocycles. The van der Waals surface area contributed by atoms with Crippen LogP contribution in [0.25, 0.3) is 0 Å². The molecule has 0 unspecified atom stereocenters. The summed E-state index contributed by atoms with van der Waals surface area (Å²) in [5.74, 6) is 0.517. The lowest BCUT2D eigenvalue weighted by Crippen LogP contribution is -2.16. The summed E-state index contributed by atoms with van der Waals surface area (Å²) in [6.45, 7) is 1.69. The van der Waals surface area contributed by atoms with E-state index in [-0.39, 0.29) is 0 Å². The summed E-state index contributed by atoms with van der Waals surface area (Å²) < 4.78 is 5.18. The highest BCUT2D eigenvalue weighted by molar-refractivity contribution is 4.76. The third-order valence-corrected chi connectivity index (χ3v) is 1.63. The zero-order valence-electron chi connectivity index (χ0n) is 5.47. The van der Waals surface area contributed by atoms with Gasteiger partial charge in [-0.3, -0.25) is 0 Å². The van der Waals surface area contributed by atoms with Gasteiger partial charge in [-0.1, -0.05) is 0 Å². The number of nitriles is 1. The molecule has 0 radical (unpaired) electrons. The Balaban J connectivity index is 2.17. The Bertz CT molecular complexity index is 111. The van der Waals surface area contributed by atoms with Crippen molar-refractivity contribution in [3.8, 4) is 6.07 Å². The Morgan fingerprint density at radius 1 is 1.67 bits per heavy atom. The summed E-state index contributed by atoms with van der Waals surface area (Å²) in [6.07, 6.45) is 2.97. The lowest BCUT2D eigenvalue weighted by Gasteiger charge is -2.18. The lowest BCUT2D eigenvalue weighted by atomic mass is 10.00. The second-order valence-corrected chi connectivity index (χ2v) is 2.45. The molecule has 1 aliphatic rings. The molecule has 1 atom stereocenters. The Kier molecular flexibility index (Phi) is 2.53. The smallest absolute Gasteiger partial charge is 0.0625 e.